The molecule has 1 unspecified atom stereocenters. The molecule has 4 aromatic rings. The van der Waals surface area contributed by atoms with Crippen molar-refractivity contribution in [1.29, 1.82) is 0 Å². The zero-order valence-corrected chi connectivity index (χ0v) is 20.8. The minimum absolute atomic E-state index is 0.0764. The molecule has 1 aromatic heterocycles. The van der Waals surface area contributed by atoms with Crippen LogP contribution < -0.4 is 5.32 Å². The lowest BCUT2D eigenvalue weighted by Crippen LogP contribution is -2.37. The standard InChI is InChI=1S/C28H24BrClN2O/c1-28(2)17-25(33)23-16-24(18-6-4-3-5-7-18)32(22-14-8-19(29)9-15-22)26(23)27(28)31-21-12-10-20(30)11-13-21/h3-16,27,31H,17H2,1-2H3. The molecule has 33 heavy (non-hydrogen) atoms. The normalized spacial score (nSPS) is 17.0. The quantitative estimate of drug-likeness (QED) is 0.294. The third kappa shape index (κ3) is 4.14. The van der Waals surface area contributed by atoms with E-state index in [9.17, 15) is 4.79 Å². The molecule has 166 valence electrons. The van der Waals surface area contributed by atoms with E-state index in [-0.39, 0.29) is 17.2 Å². The van der Waals surface area contributed by atoms with Gasteiger partial charge in [-0.15, -0.1) is 0 Å². The highest BCUT2D eigenvalue weighted by Crippen LogP contribution is 2.48. The Balaban J connectivity index is 1.76. The van der Waals surface area contributed by atoms with Crippen molar-refractivity contribution in [2.75, 3.05) is 5.32 Å². The predicted octanol–water partition coefficient (Wildman–Crippen LogP) is 8.33. The first-order valence-corrected chi connectivity index (χ1v) is 12.1. The average molecular weight is 520 g/mol. The fourth-order valence-electron chi connectivity index (χ4n) is 4.68. The molecule has 1 aliphatic carbocycles. The zero-order valence-electron chi connectivity index (χ0n) is 18.5. The van der Waals surface area contributed by atoms with E-state index in [2.05, 4.69) is 70.0 Å². The molecule has 1 atom stereocenters. The molecule has 0 radical (unpaired) electrons. The first-order valence-electron chi connectivity index (χ1n) is 11.0. The van der Waals surface area contributed by atoms with Gasteiger partial charge in [0.2, 0.25) is 0 Å². The minimum atomic E-state index is -0.289. The van der Waals surface area contributed by atoms with Crippen molar-refractivity contribution in [3.8, 4) is 16.9 Å². The van der Waals surface area contributed by atoms with Crippen molar-refractivity contribution in [2.45, 2.75) is 26.3 Å². The lowest BCUT2D eigenvalue weighted by molar-refractivity contribution is 0.0891. The predicted molar refractivity (Wildman–Crippen MR) is 139 cm³/mol. The maximum atomic E-state index is 13.4. The molecule has 0 saturated carbocycles. The Morgan fingerprint density at radius 2 is 1.64 bits per heavy atom. The van der Waals surface area contributed by atoms with Crippen LogP contribution in [0.25, 0.3) is 16.9 Å². The van der Waals surface area contributed by atoms with Crippen LogP contribution >= 0.6 is 27.5 Å². The third-order valence-corrected chi connectivity index (χ3v) is 7.10. The highest BCUT2D eigenvalue weighted by atomic mass is 79.9. The molecule has 5 heteroatoms. The monoisotopic (exact) mass is 518 g/mol. The van der Waals surface area contributed by atoms with Gasteiger partial charge in [0.25, 0.3) is 0 Å². The summed E-state index contributed by atoms with van der Waals surface area (Å²) in [4.78, 5) is 13.4. The van der Waals surface area contributed by atoms with Crippen molar-refractivity contribution in [3.05, 3.63) is 106 Å². The Kier molecular flexibility index (Phi) is 5.67. The second-order valence-corrected chi connectivity index (χ2v) is 10.5. The van der Waals surface area contributed by atoms with E-state index in [1.165, 1.54) is 0 Å². The lowest BCUT2D eigenvalue weighted by atomic mass is 9.72. The molecule has 1 heterocycles. The average Bonchev–Trinajstić information content (AvgIpc) is 3.19. The summed E-state index contributed by atoms with van der Waals surface area (Å²) in [7, 11) is 0. The lowest BCUT2D eigenvalue weighted by Gasteiger charge is -2.40. The van der Waals surface area contributed by atoms with Crippen molar-refractivity contribution in [1.82, 2.24) is 4.57 Å². The Labute approximate surface area is 207 Å². The molecule has 0 amide bonds. The van der Waals surface area contributed by atoms with Crippen LogP contribution in [-0.2, 0) is 0 Å². The smallest absolute Gasteiger partial charge is 0.165 e. The number of anilines is 1. The molecule has 0 bridgehead atoms. The van der Waals surface area contributed by atoms with Gasteiger partial charge in [0, 0.05) is 32.9 Å². The Hall–Kier alpha value is -2.82. The number of ketones is 1. The Bertz CT molecular complexity index is 1310. The van der Waals surface area contributed by atoms with Crippen molar-refractivity contribution in [2.24, 2.45) is 5.41 Å². The summed E-state index contributed by atoms with van der Waals surface area (Å²) in [6.45, 7) is 4.31. The molecule has 0 aliphatic heterocycles. The summed E-state index contributed by atoms with van der Waals surface area (Å²) >= 11 is 9.67. The second-order valence-electron chi connectivity index (χ2n) is 9.18. The summed E-state index contributed by atoms with van der Waals surface area (Å²) < 4.78 is 3.25. The summed E-state index contributed by atoms with van der Waals surface area (Å²) in [5, 5.41) is 4.42. The van der Waals surface area contributed by atoms with Crippen molar-refractivity contribution in [3.63, 3.8) is 0 Å². The molecule has 0 saturated heterocycles. The molecule has 0 fully saturated rings. The third-order valence-electron chi connectivity index (χ3n) is 6.32. The van der Waals surface area contributed by atoms with E-state index >= 15 is 0 Å². The minimum Gasteiger partial charge on any atom is -0.376 e. The molecule has 0 spiro atoms. The summed E-state index contributed by atoms with van der Waals surface area (Å²) in [5.41, 5.74) is 5.56. The highest BCUT2D eigenvalue weighted by molar-refractivity contribution is 9.10. The zero-order chi connectivity index (χ0) is 23.2. The topological polar surface area (TPSA) is 34.0 Å². The van der Waals surface area contributed by atoms with Crippen LogP contribution in [0, 0.1) is 5.41 Å². The number of Topliss-reactive ketones (excluding diaryl/α,β-unsaturated/α-hetero) is 1. The number of carbonyl (C=O) groups excluding carboxylic acids is 1. The number of carbonyl (C=O) groups is 1. The van der Waals surface area contributed by atoms with Crippen LogP contribution in [0.15, 0.2) is 89.4 Å². The van der Waals surface area contributed by atoms with E-state index in [1.54, 1.807) is 0 Å². The van der Waals surface area contributed by atoms with Gasteiger partial charge in [-0.1, -0.05) is 71.7 Å². The number of fused-ring (bicyclic) bond motifs is 1. The number of nitrogens with zero attached hydrogens (tertiary/aromatic N) is 1. The van der Waals surface area contributed by atoms with Crippen LogP contribution in [0.1, 0.15) is 42.4 Å². The van der Waals surface area contributed by atoms with Gasteiger partial charge in [-0.05, 0) is 65.6 Å². The van der Waals surface area contributed by atoms with Crippen LogP contribution in [0.3, 0.4) is 0 Å². The van der Waals surface area contributed by atoms with E-state index in [0.717, 1.165) is 38.4 Å². The van der Waals surface area contributed by atoms with E-state index in [0.29, 0.717) is 11.4 Å². The van der Waals surface area contributed by atoms with Gasteiger partial charge in [-0.2, -0.15) is 0 Å². The number of nitrogens with one attached hydrogen (secondary N) is 1. The summed E-state index contributed by atoms with van der Waals surface area (Å²) in [6.07, 6.45) is 0.476. The van der Waals surface area contributed by atoms with E-state index < -0.39 is 0 Å². The SMILES string of the molecule is CC1(C)CC(=O)c2cc(-c3ccccc3)n(-c3ccc(Br)cc3)c2C1Nc1ccc(Cl)cc1. The number of halogens is 2. The number of benzene rings is 3. The molecule has 3 aromatic carbocycles. The van der Waals surface area contributed by atoms with Gasteiger partial charge >= 0.3 is 0 Å². The number of hydrogen-bond donors (Lipinski definition) is 1. The number of aromatic nitrogens is 1. The molecular formula is C28H24BrClN2O. The van der Waals surface area contributed by atoms with E-state index in [4.69, 9.17) is 11.6 Å². The maximum absolute atomic E-state index is 13.4. The largest absolute Gasteiger partial charge is 0.376 e. The van der Waals surface area contributed by atoms with Gasteiger partial charge in [-0.3, -0.25) is 4.79 Å². The maximum Gasteiger partial charge on any atom is 0.165 e. The van der Waals surface area contributed by atoms with Gasteiger partial charge in [-0.25, -0.2) is 0 Å². The summed E-state index contributed by atoms with van der Waals surface area (Å²) in [6, 6.07) is 28.2. The second kappa shape index (κ2) is 8.51. The van der Waals surface area contributed by atoms with Gasteiger partial charge in [0.15, 0.2) is 5.78 Å². The summed E-state index contributed by atoms with van der Waals surface area (Å²) in [5.74, 6) is 0.178. The molecule has 1 aliphatic rings. The Morgan fingerprint density at radius 1 is 0.970 bits per heavy atom. The fourth-order valence-corrected chi connectivity index (χ4v) is 5.07. The van der Waals surface area contributed by atoms with Gasteiger partial charge < -0.3 is 9.88 Å². The van der Waals surface area contributed by atoms with Crippen LogP contribution in [0.5, 0.6) is 0 Å². The van der Waals surface area contributed by atoms with Crippen LogP contribution in [0.4, 0.5) is 5.69 Å². The van der Waals surface area contributed by atoms with Crippen molar-refractivity contribution < 1.29 is 4.79 Å². The van der Waals surface area contributed by atoms with Gasteiger partial charge in [0.1, 0.15) is 0 Å². The van der Waals surface area contributed by atoms with Crippen LogP contribution in [0.2, 0.25) is 5.02 Å². The number of hydrogen-bond acceptors (Lipinski definition) is 2. The van der Waals surface area contributed by atoms with Gasteiger partial charge in [0.05, 0.1) is 17.4 Å². The van der Waals surface area contributed by atoms with Crippen LogP contribution in [-0.4, -0.2) is 10.4 Å². The molecule has 3 nitrogen and oxygen atoms in total. The molecule has 5 rings (SSSR count). The first-order chi connectivity index (χ1) is 15.8. The van der Waals surface area contributed by atoms with Crippen molar-refractivity contribution >= 4 is 39.0 Å². The molecular weight excluding hydrogens is 496 g/mol. The first kappa shape index (κ1) is 22.0. The Morgan fingerprint density at radius 3 is 2.30 bits per heavy atom. The van der Waals surface area contributed by atoms with E-state index in [1.807, 2.05) is 54.6 Å². The highest BCUT2D eigenvalue weighted by Gasteiger charge is 2.43. The molecule has 1 N–H and O–H groups in total. The fraction of sp³-hybridized carbons (Fsp3) is 0.179. The number of rotatable bonds is 4.